The van der Waals surface area contributed by atoms with Crippen molar-refractivity contribution in [2.45, 2.75) is 12.6 Å². The molecule has 118 valence electrons. The molecule has 1 aliphatic heterocycles. The molecule has 1 amide bonds. The number of carbonyl (C=O) groups is 3. The van der Waals surface area contributed by atoms with Gasteiger partial charge in [0.2, 0.25) is 5.91 Å². The molecule has 1 N–H and O–H groups in total. The third-order valence-electron chi connectivity index (χ3n) is 3.71. The molecular formula is C15H18N2O5. The Bertz CT molecular complexity index is 584. The maximum absolute atomic E-state index is 12.1. The van der Waals surface area contributed by atoms with Crippen molar-refractivity contribution in [3.63, 3.8) is 0 Å². The van der Waals surface area contributed by atoms with E-state index in [0.29, 0.717) is 6.54 Å². The Kier molecular flexibility index (Phi) is 4.77. The fraction of sp³-hybridized carbons (Fsp3) is 0.400. The lowest BCUT2D eigenvalue weighted by Gasteiger charge is -2.37. The molecule has 0 saturated carbocycles. The van der Waals surface area contributed by atoms with Crippen molar-refractivity contribution < 1.29 is 24.2 Å². The minimum Gasteiger partial charge on any atom is -0.478 e. The van der Waals surface area contributed by atoms with Gasteiger partial charge in [0.1, 0.15) is 6.04 Å². The molecule has 7 heteroatoms. The lowest BCUT2D eigenvalue weighted by molar-refractivity contribution is -0.153. The van der Waals surface area contributed by atoms with Crippen molar-refractivity contribution in [1.29, 1.82) is 0 Å². The van der Waals surface area contributed by atoms with Gasteiger partial charge in [-0.05, 0) is 24.7 Å². The van der Waals surface area contributed by atoms with E-state index in [1.807, 2.05) is 0 Å². The summed E-state index contributed by atoms with van der Waals surface area (Å²) in [5.74, 6) is -1.45. The van der Waals surface area contributed by atoms with Crippen LogP contribution in [0.2, 0.25) is 0 Å². The van der Waals surface area contributed by atoms with Crippen LogP contribution in [0, 0.1) is 0 Å². The van der Waals surface area contributed by atoms with Crippen LogP contribution in [-0.2, 0) is 20.9 Å². The molecule has 1 unspecified atom stereocenters. The Hall–Kier alpha value is -2.41. The second-order valence-corrected chi connectivity index (χ2v) is 5.23. The molecule has 1 atom stereocenters. The number of ether oxygens (including phenoxy) is 1. The van der Waals surface area contributed by atoms with Gasteiger partial charge in [-0.1, -0.05) is 12.1 Å². The topological polar surface area (TPSA) is 87.1 Å². The van der Waals surface area contributed by atoms with Crippen LogP contribution >= 0.6 is 0 Å². The Morgan fingerprint density at radius 3 is 2.50 bits per heavy atom. The molecule has 1 heterocycles. The normalized spacial score (nSPS) is 19.1. The van der Waals surface area contributed by atoms with Crippen LogP contribution < -0.4 is 0 Å². The zero-order valence-corrected chi connectivity index (χ0v) is 12.5. The summed E-state index contributed by atoms with van der Waals surface area (Å²) in [5.41, 5.74) is 1.01. The molecule has 7 nitrogen and oxygen atoms in total. The molecule has 22 heavy (non-hydrogen) atoms. The van der Waals surface area contributed by atoms with Crippen molar-refractivity contribution >= 4 is 17.8 Å². The van der Waals surface area contributed by atoms with Crippen LogP contribution in [0.4, 0.5) is 0 Å². The van der Waals surface area contributed by atoms with Crippen molar-refractivity contribution in [3.05, 3.63) is 35.4 Å². The highest BCUT2D eigenvalue weighted by Gasteiger charge is 2.34. The fourth-order valence-electron chi connectivity index (χ4n) is 2.39. The number of carboxylic acids is 1. The summed E-state index contributed by atoms with van der Waals surface area (Å²) in [6.07, 6.45) is 0. The molecule has 1 aromatic carbocycles. The summed E-state index contributed by atoms with van der Waals surface area (Å²) in [5, 5.41) is 8.87. The first kappa shape index (κ1) is 16.0. The summed E-state index contributed by atoms with van der Waals surface area (Å²) < 4.78 is 4.75. The number of carbonyl (C=O) groups excluding carboxylic acids is 2. The summed E-state index contributed by atoms with van der Waals surface area (Å²) in [7, 11) is 3.03. The Morgan fingerprint density at radius 2 is 1.95 bits per heavy atom. The minimum atomic E-state index is -0.993. The molecule has 1 fully saturated rings. The Balaban J connectivity index is 2.08. The number of rotatable bonds is 4. The highest BCUT2D eigenvalue weighted by Crippen LogP contribution is 2.14. The molecular weight excluding hydrogens is 288 g/mol. The lowest BCUT2D eigenvalue weighted by Crippen LogP contribution is -2.57. The van der Waals surface area contributed by atoms with E-state index in [1.54, 1.807) is 29.0 Å². The smallest absolute Gasteiger partial charge is 0.335 e. The molecule has 0 aliphatic carbocycles. The molecule has 1 aromatic rings. The Labute approximate surface area is 128 Å². The Morgan fingerprint density at radius 1 is 1.32 bits per heavy atom. The fourth-order valence-corrected chi connectivity index (χ4v) is 2.39. The van der Waals surface area contributed by atoms with Crippen molar-refractivity contribution in [2.75, 3.05) is 27.2 Å². The van der Waals surface area contributed by atoms with E-state index >= 15 is 0 Å². The number of benzene rings is 1. The number of likely N-dealkylation sites (N-methyl/N-ethyl adjacent to an activating group) is 1. The van der Waals surface area contributed by atoms with Gasteiger partial charge in [-0.3, -0.25) is 14.5 Å². The molecule has 1 saturated heterocycles. The largest absolute Gasteiger partial charge is 0.478 e. The van der Waals surface area contributed by atoms with Gasteiger partial charge in [-0.2, -0.15) is 0 Å². The number of methoxy groups -OCH3 is 1. The number of esters is 1. The van der Waals surface area contributed by atoms with E-state index < -0.39 is 12.0 Å². The van der Waals surface area contributed by atoms with E-state index in [0.717, 1.165) is 5.56 Å². The van der Waals surface area contributed by atoms with Gasteiger partial charge in [-0.25, -0.2) is 4.79 Å². The molecule has 0 radical (unpaired) electrons. The molecule has 0 spiro atoms. The van der Waals surface area contributed by atoms with Gasteiger partial charge < -0.3 is 14.7 Å². The van der Waals surface area contributed by atoms with Gasteiger partial charge >= 0.3 is 11.9 Å². The SMILES string of the molecule is COC(=O)C1CN(Cc2ccc(C(=O)O)cc2)C(=O)CN1C. The van der Waals surface area contributed by atoms with E-state index in [-0.39, 0.29) is 30.5 Å². The lowest BCUT2D eigenvalue weighted by atomic mass is 10.1. The van der Waals surface area contributed by atoms with Gasteiger partial charge in [0.25, 0.3) is 0 Å². The minimum absolute atomic E-state index is 0.0787. The zero-order valence-electron chi connectivity index (χ0n) is 12.5. The van der Waals surface area contributed by atoms with Crippen LogP contribution in [0.25, 0.3) is 0 Å². The van der Waals surface area contributed by atoms with E-state index in [4.69, 9.17) is 9.84 Å². The summed E-state index contributed by atoms with van der Waals surface area (Å²) in [6, 6.07) is 5.84. The van der Waals surface area contributed by atoms with Crippen molar-refractivity contribution in [1.82, 2.24) is 9.80 Å². The highest BCUT2D eigenvalue weighted by atomic mass is 16.5. The first-order valence-corrected chi connectivity index (χ1v) is 6.80. The van der Waals surface area contributed by atoms with Gasteiger partial charge in [-0.15, -0.1) is 0 Å². The quantitative estimate of drug-likeness (QED) is 0.800. The second kappa shape index (κ2) is 6.57. The van der Waals surface area contributed by atoms with Crippen LogP contribution in [0.3, 0.4) is 0 Å². The van der Waals surface area contributed by atoms with Gasteiger partial charge in [0, 0.05) is 13.1 Å². The van der Waals surface area contributed by atoms with Gasteiger partial charge in [0.15, 0.2) is 0 Å². The highest BCUT2D eigenvalue weighted by molar-refractivity contribution is 5.87. The van der Waals surface area contributed by atoms with E-state index in [2.05, 4.69) is 0 Å². The van der Waals surface area contributed by atoms with E-state index in [1.165, 1.54) is 19.2 Å². The van der Waals surface area contributed by atoms with Crippen LogP contribution in [-0.4, -0.2) is 66.0 Å². The number of amides is 1. The third kappa shape index (κ3) is 3.43. The second-order valence-electron chi connectivity index (χ2n) is 5.23. The van der Waals surface area contributed by atoms with E-state index in [9.17, 15) is 14.4 Å². The predicted molar refractivity (Wildman–Crippen MR) is 77.3 cm³/mol. The molecule has 0 aromatic heterocycles. The first-order valence-electron chi connectivity index (χ1n) is 6.80. The maximum Gasteiger partial charge on any atom is 0.335 e. The third-order valence-corrected chi connectivity index (χ3v) is 3.71. The van der Waals surface area contributed by atoms with Gasteiger partial charge in [0.05, 0.1) is 19.2 Å². The van der Waals surface area contributed by atoms with Crippen molar-refractivity contribution in [3.8, 4) is 0 Å². The van der Waals surface area contributed by atoms with Crippen LogP contribution in [0.15, 0.2) is 24.3 Å². The summed E-state index contributed by atoms with van der Waals surface area (Å²) in [4.78, 5) is 37.9. The van der Waals surface area contributed by atoms with Crippen molar-refractivity contribution in [2.24, 2.45) is 0 Å². The average molecular weight is 306 g/mol. The number of carboxylic acid groups (broad SMARTS) is 1. The standard InChI is InChI=1S/C15H18N2O5/c1-16-9-13(18)17(8-12(16)15(21)22-2)7-10-3-5-11(6-4-10)14(19)20/h3-6,12H,7-9H2,1-2H3,(H,19,20). The molecule has 1 aliphatic rings. The summed E-state index contributed by atoms with van der Waals surface area (Å²) in [6.45, 7) is 0.732. The maximum atomic E-state index is 12.1. The molecule has 0 bridgehead atoms. The monoisotopic (exact) mass is 306 g/mol. The van der Waals surface area contributed by atoms with Crippen LogP contribution in [0.5, 0.6) is 0 Å². The zero-order chi connectivity index (χ0) is 16.3. The summed E-state index contributed by atoms with van der Waals surface area (Å²) >= 11 is 0. The number of aromatic carboxylic acids is 1. The molecule has 2 rings (SSSR count). The predicted octanol–water partition coefficient (Wildman–Crippen LogP) is 0.200. The first-order chi connectivity index (χ1) is 10.4. The number of hydrogen-bond donors (Lipinski definition) is 1. The number of nitrogens with zero attached hydrogens (tertiary/aromatic N) is 2. The number of piperazine rings is 1. The number of hydrogen-bond acceptors (Lipinski definition) is 5. The van der Waals surface area contributed by atoms with Crippen LogP contribution in [0.1, 0.15) is 15.9 Å². The average Bonchev–Trinajstić information content (AvgIpc) is 2.49.